The lowest BCUT2D eigenvalue weighted by atomic mass is 10.4. The van der Waals surface area contributed by atoms with Gasteiger partial charge in [0.1, 0.15) is 0 Å². The lowest BCUT2D eigenvalue weighted by Gasteiger charge is -2.30. The molecule has 2 N–H and O–H groups in total. The van der Waals surface area contributed by atoms with Crippen LogP contribution in [0, 0.1) is 0 Å². The van der Waals surface area contributed by atoms with Crippen molar-refractivity contribution in [3.63, 3.8) is 0 Å². The second-order valence-corrected chi connectivity index (χ2v) is 4.10. The molecule has 2 fully saturated rings. The van der Waals surface area contributed by atoms with Crippen molar-refractivity contribution in [2.24, 2.45) is 0 Å². The predicted octanol–water partition coefficient (Wildman–Crippen LogP) is 0.000600. The molecule has 0 bridgehead atoms. The molecule has 2 saturated heterocycles. The van der Waals surface area contributed by atoms with Crippen molar-refractivity contribution in [1.82, 2.24) is 20.7 Å². The fraction of sp³-hybridized carbons (Fsp3) is 1.00. The van der Waals surface area contributed by atoms with Gasteiger partial charge in [0.2, 0.25) is 0 Å². The number of nitrogens with one attached hydrogen (secondary N) is 2. The van der Waals surface area contributed by atoms with E-state index in [4.69, 9.17) is 4.74 Å². The molecule has 2 aliphatic heterocycles. The third kappa shape index (κ3) is 6.33. The van der Waals surface area contributed by atoms with Crippen LogP contribution < -0.4 is 10.7 Å². The molecule has 5 heteroatoms. The first-order valence-corrected chi connectivity index (χ1v) is 6.94. The van der Waals surface area contributed by atoms with Gasteiger partial charge in [-0.3, -0.25) is 10.3 Å². The van der Waals surface area contributed by atoms with E-state index in [9.17, 15) is 0 Å². The summed E-state index contributed by atoms with van der Waals surface area (Å²) in [6.45, 7) is 14.6. The SMILES string of the molecule is C1CN(NCCN2CCOCC2)CCN1.CC.[HH]. The Labute approximate surface area is 107 Å². The lowest BCUT2D eigenvalue weighted by molar-refractivity contribution is 0.0346. The summed E-state index contributed by atoms with van der Waals surface area (Å²) in [5.74, 6) is 0. The highest BCUT2D eigenvalue weighted by Crippen LogP contribution is 1.95. The minimum atomic E-state index is 0. The van der Waals surface area contributed by atoms with E-state index in [0.717, 1.165) is 65.6 Å². The molecule has 2 heterocycles. The van der Waals surface area contributed by atoms with Crippen molar-refractivity contribution in [2.45, 2.75) is 13.8 Å². The second kappa shape index (κ2) is 9.79. The molecule has 2 aliphatic rings. The van der Waals surface area contributed by atoms with E-state index in [1.807, 2.05) is 13.8 Å². The van der Waals surface area contributed by atoms with Gasteiger partial charge in [0, 0.05) is 53.8 Å². The molecular weight excluding hydrogens is 216 g/mol. The Morgan fingerprint density at radius 3 is 2.41 bits per heavy atom. The van der Waals surface area contributed by atoms with Crippen molar-refractivity contribution >= 4 is 0 Å². The van der Waals surface area contributed by atoms with Gasteiger partial charge in [-0.25, -0.2) is 5.01 Å². The van der Waals surface area contributed by atoms with Gasteiger partial charge >= 0.3 is 0 Å². The smallest absolute Gasteiger partial charge is 0.0594 e. The van der Waals surface area contributed by atoms with Crippen LogP contribution in [0.3, 0.4) is 0 Å². The van der Waals surface area contributed by atoms with Crippen LogP contribution in [0.5, 0.6) is 0 Å². The average molecular weight is 246 g/mol. The number of hydrogen-bond donors (Lipinski definition) is 2. The molecule has 0 aromatic rings. The first-order chi connectivity index (χ1) is 8.45. The highest BCUT2D eigenvalue weighted by Gasteiger charge is 2.11. The highest BCUT2D eigenvalue weighted by atomic mass is 16.5. The van der Waals surface area contributed by atoms with Crippen molar-refractivity contribution in [3.05, 3.63) is 0 Å². The van der Waals surface area contributed by atoms with Gasteiger partial charge in [-0.2, -0.15) is 0 Å². The third-order valence-corrected chi connectivity index (χ3v) is 2.98. The molecule has 2 rings (SSSR count). The first-order valence-electron chi connectivity index (χ1n) is 6.94. The summed E-state index contributed by atoms with van der Waals surface area (Å²) in [7, 11) is 0. The number of hydrazine groups is 1. The van der Waals surface area contributed by atoms with Gasteiger partial charge in [-0.15, -0.1) is 0 Å². The molecule has 0 saturated carbocycles. The molecular formula is C12H30N4O. The number of ether oxygens (including phenoxy) is 1. The molecule has 0 unspecified atom stereocenters. The van der Waals surface area contributed by atoms with Crippen molar-refractivity contribution in [2.75, 3.05) is 65.6 Å². The second-order valence-electron chi connectivity index (χ2n) is 4.10. The maximum Gasteiger partial charge on any atom is 0.0594 e. The number of hydrogen-bond acceptors (Lipinski definition) is 5. The maximum absolute atomic E-state index is 5.32. The van der Waals surface area contributed by atoms with Crippen LogP contribution in [0.4, 0.5) is 0 Å². The Morgan fingerprint density at radius 2 is 1.76 bits per heavy atom. The van der Waals surface area contributed by atoms with Gasteiger partial charge in [-0.1, -0.05) is 13.8 Å². The van der Waals surface area contributed by atoms with Crippen molar-refractivity contribution in [3.8, 4) is 0 Å². The number of rotatable bonds is 4. The molecule has 0 spiro atoms. The van der Waals surface area contributed by atoms with E-state index >= 15 is 0 Å². The Hall–Kier alpha value is -0.200. The van der Waals surface area contributed by atoms with Crippen LogP contribution >= 0.6 is 0 Å². The summed E-state index contributed by atoms with van der Waals surface area (Å²) < 4.78 is 5.32. The molecule has 0 aliphatic carbocycles. The summed E-state index contributed by atoms with van der Waals surface area (Å²) in [6.07, 6.45) is 0. The monoisotopic (exact) mass is 246 g/mol. The molecule has 17 heavy (non-hydrogen) atoms. The van der Waals surface area contributed by atoms with Gasteiger partial charge in [0.15, 0.2) is 0 Å². The Bertz CT molecular complexity index is 155. The van der Waals surface area contributed by atoms with E-state index < -0.39 is 0 Å². The Kier molecular flexibility index (Phi) is 8.56. The van der Waals surface area contributed by atoms with Gasteiger partial charge in [-0.05, 0) is 0 Å². The Morgan fingerprint density at radius 1 is 1.12 bits per heavy atom. The Balaban J connectivity index is 0.000000917. The molecule has 0 atom stereocenters. The van der Waals surface area contributed by atoms with Crippen LogP contribution in [0.25, 0.3) is 0 Å². The standard InChI is InChI=1S/C10H22N4O.C2H6.H2/c1-5-14(6-2-11-1)12-3-4-13-7-9-15-10-8-13;1-2;/h11-12H,1-10H2;1-2H3;1H. The fourth-order valence-electron chi connectivity index (χ4n) is 2.01. The zero-order valence-corrected chi connectivity index (χ0v) is 11.4. The largest absolute Gasteiger partial charge is 0.379 e. The van der Waals surface area contributed by atoms with Gasteiger partial charge in [0.05, 0.1) is 13.2 Å². The van der Waals surface area contributed by atoms with Crippen LogP contribution in [-0.2, 0) is 4.74 Å². The third-order valence-electron chi connectivity index (χ3n) is 2.98. The minimum Gasteiger partial charge on any atom is -0.379 e. The lowest BCUT2D eigenvalue weighted by Crippen LogP contribution is -2.52. The van der Waals surface area contributed by atoms with E-state index in [1.54, 1.807) is 0 Å². The topological polar surface area (TPSA) is 39.8 Å². The summed E-state index contributed by atoms with van der Waals surface area (Å²) in [6, 6.07) is 0. The normalized spacial score (nSPS) is 22.9. The summed E-state index contributed by atoms with van der Waals surface area (Å²) >= 11 is 0. The summed E-state index contributed by atoms with van der Waals surface area (Å²) in [4.78, 5) is 2.46. The van der Waals surface area contributed by atoms with Crippen LogP contribution in [0.2, 0.25) is 0 Å². The van der Waals surface area contributed by atoms with Crippen molar-refractivity contribution in [1.29, 1.82) is 0 Å². The van der Waals surface area contributed by atoms with Gasteiger partial charge < -0.3 is 10.1 Å². The predicted molar refractivity (Wildman–Crippen MR) is 73.2 cm³/mol. The number of nitrogens with zero attached hydrogens (tertiary/aromatic N) is 2. The van der Waals surface area contributed by atoms with Crippen LogP contribution in [0.15, 0.2) is 0 Å². The molecule has 0 amide bonds. The minimum absolute atomic E-state index is 0. The zero-order chi connectivity index (χ0) is 12.3. The van der Waals surface area contributed by atoms with E-state index in [-0.39, 0.29) is 1.43 Å². The quantitative estimate of drug-likeness (QED) is 0.731. The average Bonchev–Trinajstić information content (AvgIpc) is 2.43. The van der Waals surface area contributed by atoms with Crippen LogP contribution in [0.1, 0.15) is 15.3 Å². The fourth-order valence-corrected chi connectivity index (χ4v) is 2.01. The van der Waals surface area contributed by atoms with Gasteiger partial charge in [0.25, 0.3) is 0 Å². The van der Waals surface area contributed by atoms with Crippen molar-refractivity contribution < 1.29 is 6.16 Å². The molecule has 104 valence electrons. The molecule has 0 aromatic carbocycles. The van der Waals surface area contributed by atoms with E-state index in [1.165, 1.54) is 0 Å². The number of morpholine rings is 1. The van der Waals surface area contributed by atoms with E-state index in [0.29, 0.717) is 0 Å². The summed E-state index contributed by atoms with van der Waals surface area (Å²) in [5, 5.41) is 5.66. The van der Waals surface area contributed by atoms with Crippen LogP contribution in [-0.4, -0.2) is 75.5 Å². The first kappa shape index (κ1) is 14.9. The number of piperazine rings is 1. The highest BCUT2D eigenvalue weighted by molar-refractivity contribution is 4.66. The maximum atomic E-state index is 5.32. The van der Waals surface area contributed by atoms with E-state index in [2.05, 4.69) is 20.7 Å². The zero-order valence-electron chi connectivity index (χ0n) is 11.4. The molecule has 0 aromatic heterocycles. The summed E-state index contributed by atoms with van der Waals surface area (Å²) in [5.41, 5.74) is 3.48. The molecule has 5 nitrogen and oxygen atoms in total. The molecule has 0 radical (unpaired) electrons.